The molecule has 1 heterocycles. The zero-order chi connectivity index (χ0) is 15.2. The first-order valence-corrected chi connectivity index (χ1v) is 6.68. The average molecular weight is 299 g/mol. The van der Waals surface area contributed by atoms with Crippen LogP contribution in [0.4, 0.5) is 0 Å². The van der Waals surface area contributed by atoms with E-state index in [9.17, 15) is 9.59 Å². The van der Waals surface area contributed by atoms with Gasteiger partial charge < -0.3 is 4.98 Å². The van der Waals surface area contributed by atoms with Crippen LogP contribution < -0.4 is 0 Å². The molecular formula is C16H11ClN2O2. The predicted molar refractivity (Wildman–Crippen MR) is 80.2 cm³/mol. The minimum absolute atomic E-state index is 0.00655. The van der Waals surface area contributed by atoms with Crippen molar-refractivity contribution in [3.05, 3.63) is 65.0 Å². The van der Waals surface area contributed by atoms with Crippen LogP contribution in [0.15, 0.2) is 48.2 Å². The van der Waals surface area contributed by atoms with Crippen molar-refractivity contribution >= 4 is 29.2 Å². The largest absolute Gasteiger partial charge is 0.361 e. The standard InChI is InChI=1S/C16H11ClN2O2/c17-8-15(20)13-7-14(19-10-13)6-12(9-18)16(21)11-4-2-1-3-5-11/h1-7,10,19H,8H2/b12-6+. The predicted octanol–water partition coefficient (Wildman–Crippen LogP) is 3.23. The molecule has 2 rings (SSSR count). The van der Waals surface area contributed by atoms with Gasteiger partial charge in [0.05, 0.1) is 5.88 Å². The lowest BCUT2D eigenvalue weighted by Crippen LogP contribution is -2.01. The summed E-state index contributed by atoms with van der Waals surface area (Å²) in [6, 6.07) is 12.0. The second kappa shape index (κ2) is 6.69. The van der Waals surface area contributed by atoms with Crippen LogP contribution in [0.1, 0.15) is 26.4 Å². The molecule has 0 saturated carbocycles. The molecule has 0 aliphatic heterocycles. The van der Waals surface area contributed by atoms with E-state index < -0.39 is 0 Å². The highest BCUT2D eigenvalue weighted by atomic mass is 35.5. The maximum atomic E-state index is 12.2. The molecule has 1 N–H and O–H groups in total. The Kier molecular flexibility index (Phi) is 4.70. The van der Waals surface area contributed by atoms with E-state index >= 15 is 0 Å². The number of nitriles is 1. The molecule has 5 heteroatoms. The van der Waals surface area contributed by atoms with Crippen LogP contribution in [0.25, 0.3) is 6.08 Å². The maximum Gasteiger partial charge on any atom is 0.203 e. The van der Waals surface area contributed by atoms with Crippen LogP contribution in [0.3, 0.4) is 0 Å². The first-order chi connectivity index (χ1) is 10.2. The number of carbonyl (C=O) groups is 2. The quantitative estimate of drug-likeness (QED) is 0.398. The Balaban J connectivity index is 2.29. The Bertz CT molecular complexity index is 739. The molecule has 0 radical (unpaired) electrons. The van der Waals surface area contributed by atoms with E-state index in [2.05, 4.69) is 4.98 Å². The van der Waals surface area contributed by atoms with Gasteiger partial charge in [0, 0.05) is 23.0 Å². The third-order valence-electron chi connectivity index (χ3n) is 2.85. The number of nitrogens with one attached hydrogen (secondary N) is 1. The van der Waals surface area contributed by atoms with E-state index in [1.54, 1.807) is 36.4 Å². The molecular weight excluding hydrogens is 288 g/mol. The highest BCUT2D eigenvalue weighted by molar-refractivity contribution is 6.30. The zero-order valence-electron chi connectivity index (χ0n) is 11.0. The minimum atomic E-state index is -0.363. The second-order valence-electron chi connectivity index (χ2n) is 4.27. The Morgan fingerprint density at radius 3 is 2.57 bits per heavy atom. The number of halogens is 1. The van der Waals surface area contributed by atoms with E-state index in [1.165, 1.54) is 12.3 Å². The van der Waals surface area contributed by atoms with E-state index in [0.717, 1.165) is 0 Å². The molecule has 0 fully saturated rings. The van der Waals surface area contributed by atoms with Crippen molar-refractivity contribution in [3.63, 3.8) is 0 Å². The fraction of sp³-hybridized carbons (Fsp3) is 0.0625. The van der Waals surface area contributed by atoms with E-state index in [-0.39, 0.29) is 23.0 Å². The van der Waals surface area contributed by atoms with Crippen molar-refractivity contribution in [1.82, 2.24) is 4.98 Å². The minimum Gasteiger partial charge on any atom is -0.361 e. The van der Waals surface area contributed by atoms with Gasteiger partial charge in [-0.3, -0.25) is 9.59 Å². The Labute approximate surface area is 126 Å². The molecule has 104 valence electrons. The van der Waals surface area contributed by atoms with E-state index in [1.807, 2.05) is 6.07 Å². The first-order valence-electron chi connectivity index (χ1n) is 6.15. The van der Waals surface area contributed by atoms with Crippen LogP contribution in [0.2, 0.25) is 0 Å². The fourth-order valence-corrected chi connectivity index (χ4v) is 1.94. The molecule has 0 unspecified atom stereocenters. The third-order valence-corrected chi connectivity index (χ3v) is 3.09. The summed E-state index contributed by atoms with van der Waals surface area (Å²) in [6.07, 6.45) is 2.92. The van der Waals surface area contributed by atoms with Gasteiger partial charge in [-0.15, -0.1) is 11.6 Å². The lowest BCUT2D eigenvalue weighted by molar-refractivity contribution is 0.101. The summed E-state index contributed by atoms with van der Waals surface area (Å²) in [5.74, 6) is -0.701. The second-order valence-corrected chi connectivity index (χ2v) is 4.53. The summed E-state index contributed by atoms with van der Waals surface area (Å²) in [7, 11) is 0. The molecule has 0 bridgehead atoms. The first kappa shape index (κ1) is 14.8. The zero-order valence-corrected chi connectivity index (χ0v) is 11.7. The lowest BCUT2D eigenvalue weighted by atomic mass is 10.0. The number of Topliss-reactive ketones (excluding diaryl/α,β-unsaturated/α-hetero) is 2. The van der Waals surface area contributed by atoms with Crippen molar-refractivity contribution < 1.29 is 9.59 Å². The Hall–Kier alpha value is -2.64. The van der Waals surface area contributed by atoms with Gasteiger partial charge in [0.25, 0.3) is 0 Å². The van der Waals surface area contributed by atoms with Crippen LogP contribution in [-0.2, 0) is 0 Å². The maximum absolute atomic E-state index is 12.2. The number of rotatable bonds is 5. The number of alkyl halides is 1. The molecule has 0 atom stereocenters. The molecule has 4 nitrogen and oxygen atoms in total. The summed E-state index contributed by atoms with van der Waals surface area (Å²) in [5, 5.41) is 9.14. The number of ketones is 2. The van der Waals surface area contributed by atoms with E-state index in [0.29, 0.717) is 16.8 Å². The molecule has 1 aromatic heterocycles. The number of aromatic nitrogens is 1. The molecule has 0 saturated heterocycles. The highest BCUT2D eigenvalue weighted by Gasteiger charge is 2.13. The van der Waals surface area contributed by atoms with Gasteiger partial charge >= 0.3 is 0 Å². The number of hydrogen-bond acceptors (Lipinski definition) is 3. The molecule has 0 spiro atoms. The number of hydrogen-bond donors (Lipinski definition) is 1. The molecule has 1 aromatic carbocycles. The molecule has 2 aromatic rings. The van der Waals surface area contributed by atoms with Gasteiger partial charge in [-0.2, -0.15) is 5.26 Å². The summed E-state index contributed by atoms with van der Waals surface area (Å²) >= 11 is 5.47. The summed E-state index contributed by atoms with van der Waals surface area (Å²) in [5.41, 5.74) is 1.35. The summed E-state index contributed by atoms with van der Waals surface area (Å²) in [6.45, 7) is 0. The fourth-order valence-electron chi connectivity index (χ4n) is 1.78. The molecule has 0 amide bonds. The number of carbonyl (C=O) groups excluding carboxylic acids is 2. The summed E-state index contributed by atoms with van der Waals surface area (Å²) < 4.78 is 0. The number of allylic oxidation sites excluding steroid dienone is 1. The number of aromatic amines is 1. The summed E-state index contributed by atoms with van der Waals surface area (Å²) in [4.78, 5) is 26.5. The lowest BCUT2D eigenvalue weighted by Gasteiger charge is -1.98. The van der Waals surface area contributed by atoms with E-state index in [4.69, 9.17) is 16.9 Å². The topological polar surface area (TPSA) is 73.7 Å². The Morgan fingerprint density at radius 1 is 1.24 bits per heavy atom. The number of nitrogens with zero attached hydrogens (tertiary/aromatic N) is 1. The molecule has 0 aliphatic rings. The monoisotopic (exact) mass is 298 g/mol. The molecule has 21 heavy (non-hydrogen) atoms. The van der Waals surface area contributed by atoms with Gasteiger partial charge in [0.15, 0.2) is 5.78 Å². The number of H-pyrrole nitrogens is 1. The molecule has 0 aliphatic carbocycles. The van der Waals surface area contributed by atoms with Crippen molar-refractivity contribution in [3.8, 4) is 6.07 Å². The third kappa shape index (κ3) is 3.47. The van der Waals surface area contributed by atoms with Gasteiger partial charge in [-0.05, 0) is 12.1 Å². The van der Waals surface area contributed by atoms with Crippen molar-refractivity contribution in [2.45, 2.75) is 0 Å². The van der Waals surface area contributed by atoms with Gasteiger partial charge in [0.1, 0.15) is 11.6 Å². The average Bonchev–Trinajstić information content (AvgIpc) is 3.00. The van der Waals surface area contributed by atoms with Crippen LogP contribution >= 0.6 is 11.6 Å². The number of benzene rings is 1. The van der Waals surface area contributed by atoms with Gasteiger partial charge in [-0.25, -0.2) is 0 Å². The van der Waals surface area contributed by atoms with Gasteiger partial charge in [-0.1, -0.05) is 30.3 Å². The SMILES string of the molecule is N#C/C(=C\c1cc(C(=O)CCl)c[nH]1)C(=O)c1ccccc1. The normalized spacial score (nSPS) is 11.0. The van der Waals surface area contributed by atoms with Crippen molar-refractivity contribution in [2.75, 3.05) is 5.88 Å². The van der Waals surface area contributed by atoms with Crippen molar-refractivity contribution in [2.24, 2.45) is 0 Å². The van der Waals surface area contributed by atoms with Gasteiger partial charge in [0.2, 0.25) is 5.78 Å². The van der Waals surface area contributed by atoms with Crippen molar-refractivity contribution in [1.29, 1.82) is 5.26 Å². The van der Waals surface area contributed by atoms with Crippen LogP contribution in [-0.4, -0.2) is 22.4 Å². The highest BCUT2D eigenvalue weighted by Crippen LogP contribution is 2.13. The van der Waals surface area contributed by atoms with Crippen LogP contribution in [0.5, 0.6) is 0 Å². The smallest absolute Gasteiger partial charge is 0.203 e. The van der Waals surface area contributed by atoms with Crippen LogP contribution in [0, 0.1) is 11.3 Å². The Morgan fingerprint density at radius 2 is 1.95 bits per heavy atom.